The number of amides is 1. The van der Waals surface area contributed by atoms with Gasteiger partial charge in [0.25, 0.3) is 0 Å². The van der Waals surface area contributed by atoms with Gasteiger partial charge < -0.3 is 9.84 Å². The van der Waals surface area contributed by atoms with Crippen LogP contribution >= 0.6 is 23.2 Å². The summed E-state index contributed by atoms with van der Waals surface area (Å²) in [7, 11) is 0. The van der Waals surface area contributed by atoms with Gasteiger partial charge in [-0.1, -0.05) is 40.5 Å². The minimum Gasteiger partial charge on any atom is -0.339 e. The number of nitrogens with one attached hydrogen (secondary N) is 1. The summed E-state index contributed by atoms with van der Waals surface area (Å²) in [4.78, 5) is 16.2. The van der Waals surface area contributed by atoms with Crippen molar-refractivity contribution >= 4 is 34.8 Å². The van der Waals surface area contributed by atoms with Crippen molar-refractivity contribution in [3.05, 3.63) is 64.5 Å². The molecule has 3 rings (SSSR count). The molecule has 0 spiro atoms. The third-order valence-electron chi connectivity index (χ3n) is 3.28. The summed E-state index contributed by atoms with van der Waals surface area (Å²) in [5, 5.41) is 7.84. The highest BCUT2D eigenvalue weighted by atomic mass is 35.5. The zero-order valence-corrected chi connectivity index (χ0v) is 14.0. The van der Waals surface area contributed by atoms with Crippen LogP contribution in [0.2, 0.25) is 10.0 Å². The fourth-order valence-corrected chi connectivity index (χ4v) is 2.43. The number of hydrogen-bond acceptors (Lipinski definition) is 4. The van der Waals surface area contributed by atoms with E-state index in [-0.39, 0.29) is 12.3 Å². The fourth-order valence-electron chi connectivity index (χ4n) is 2.09. The number of nitrogens with zero attached hydrogens (tertiary/aromatic N) is 2. The van der Waals surface area contributed by atoms with Crippen molar-refractivity contribution in [1.82, 2.24) is 10.1 Å². The number of carbonyl (C=O) groups excluding carboxylic acids is 1. The molecule has 2 aromatic carbocycles. The van der Waals surface area contributed by atoms with Gasteiger partial charge >= 0.3 is 0 Å². The van der Waals surface area contributed by atoms with E-state index in [4.69, 9.17) is 27.7 Å². The lowest BCUT2D eigenvalue weighted by Crippen LogP contribution is -2.12. The average molecular weight is 362 g/mol. The van der Waals surface area contributed by atoms with E-state index in [1.54, 1.807) is 30.3 Å². The van der Waals surface area contributed by atoms with Gasteiger partial charge in [0, 0.05) is 29.1 Å². The molecular formula is C17H13Cl2N3O2. The Morgan fingerprint density at radius 2 is 1.83 bits per heavy atom. The molecule has 0 aliphatic heterocycles. The molecule has 0 saturated heterocycles. The van der Waals surface area contributed by atoms with Crippen LogP contribution < -0.4 is 5.32 Å². The van der Waals surface area contributed by atoms with Crippen LogP contribution in [0.15, 0.2) is 53.1 Å². The van der Waals surface area contributed by atoms with E-state index in [9.17, 15) is 4.79 Å². The summed E-state index contributed by atoms with van der Waals surface area (Å²) in [5.41, 5.74) is 1.38. The molecule has 5 nitrogen and oxygen atoms in total. The molecule has 0 fully saturated rings. The molecule has 1 heterocycles. The maximum atomic E-state index is 11.9. The highest BCUT2D eigenvalue weighted by Gasteiger charge is 2.12. The summed E-state index contributed by atoms with van der Waals surface area (Å²) in [6.07, 6.45) is 0.573. The first-order chi connectivity index (χ1) is 11.6. The molecule has 3 aromatic rings. The summed E-state index contributed by atoms with van der Waals surface area (Å²) in [5.74, 6) is 0.653. The second-order valence-corrected chi connectivity index (χ2v) is 5.89. The highest BCUT2D eigenvalue weighted by Crippen LogP contribution is 2.25. The lowest BCUT2D eigenvalue weighted by molar-refractivity contribution is -0.116. The third kappa shape index (κ3) is 4.13. The third-order valence-corrected chi connectivity index (χ3v) is 3.86. The van der Waals surface area contributed by atoms with Crippen LogP contribution in [0.4, 0.5) is 5.69 Å². The van der Waals surface area contributed by atoms with Crippen molar-refractivity contribution in [2.75, 3.05) is 5.32 Å². The molecule has 0 bridgehead atoms. The zero-order valence-electron chi connectivity index (χ0n) is 12.5. The van der Waals surface area contributed by atoms with Gasteiger partial charge in [-0.3, -0.25) is 4.79 Å². The molecule has 0 aliphatic rings. The minimum atomic E-state index is -0.144. The van der Waals surface area contributed by atoms with E-state index in [1.165, 1.54) is 0 Å². The van der Waals surface area contributed by atoms with Crippen molar-refractivity contribution in [3.63, 3.8) is 0 Å². The van der Waals surface area contributed by atoms with Gasteiger partial charge in [-0.2, -0.15) is 4.98 Å². The Labute approximate surface area is 148 Å². The Morgan fingerprint density at radius 3 is 2.58 bits per heavy atom. The topological polar surface area (TPSA) is 68.0 Å². The molecule has 7 heteroatoms. The number of benzene rings is 2. The summed E-state index contributed by atoms with van der Waals surface area (Å²) < 4.78 is 5.17. The number of carbonyl (C=O) groups is 1. The predicted molar refractivity (Wildman–Crippen MR) is 93.1 cm³/mol. The quantitative estimate of drug-likeness (QED) is 0.719. The second-order valence-electron chi connectivity index (χ2n) is 5.05. The maximum Gasteiger partial charge on any atom is 0.227 e. The first-order valence-corrected chi connectivity index (χ1v) is 8.00. The average Bonchev–Trinajstić information content (AvgIpc) is 3.04. The van der Waals surface area contributed by atoms with Crippen molar-refractivity contribution in [1.29, 1.82) is 0 Å². The normalized spacial score (nSPS) is 10.6. The van der Waals surface area contributed by atoms with Crippen molar-refractivity contribution in [2.45, 2.75) is 12.8 Å². The van der Waals surface area contributed by atoms with Gasteiger partial charge in [-0.05, 0) is 36.4 Å². The number of aromatic nitrogens is 2. The largest absolute Gasteiger partial charge is 0.339 e. The monoisotopic (exact) mass is 361 g/mol. The van der Waals surface area contributed by atoms with E-state index in [0.29, 0.717) is 39.4 Å². The molecule has 0 saturated carbocycles. The molecule has 0 unspecified atom stereocenters. The van der Waals surface area contributed by atoms with Gasteiger partial charge in [0.15, 0.2) is 0 Å². The van der Waals surface area contributed by atoms with Crippen molar-refractivity contribution in [2.24, 2.45) is 0 Å². The Balaban J connectivity index is 1.58. The zero-order chi connectivity index (χ0) is 16.9. The van der Waals surface area contributed by atoms with Crippen LogP contribution in [0.25, 0.3) is 11.4 Å². The predicted octanol–water partition coefficient (Wildman–Crippen LogP) is 4.61. The Morgan fingerprint density at radius 1 is 1.08 bits per heavy atom. The highest BCUT2D eigenvalue weighted by molar-refractivity contribution is 6.33. The molecule has 1 aromatic heterocycles. The van der Waals surface area contributed by atoms with Crippen molar-refractivity contribution in [3.8, 4) is 11.4 Å². The van der Waals surface area contributed by atoms with Crippen LogP contribution in [0.1, 0.15) is 12.3 Å². The van der Waals surface area contributed by atoms with Gasteiger partial charge in [-0.15, -0.1) is 0 Å². The summed E-state index contributed by atoms with van der Waals surface area (Å²) >= 11 is 11.9. The number of halogens is 2. The minimum absolute atomic E-state index is 0.144. The molecule has 122 valence electrons. The number of aryl methyl sites for hydroxylation is 1. The Bertz CT molecular complexity index is 847. The van der Waals surface area contributed by atoms with Crippen LogP contribution in [0.5, 0.6) is 0 Å². The Hall–Kier alpha value is -2.37. The number of rotatable bonds is 5. The van der Waals surface area contributed by atoms with E-state index >= 15 is 0 Å². The van der Waals surface area contributed by atoms with E-state index < -0.39 is 0 Å². The smallest absolute Gasteiger partial charge is 0.227 e. The van der Waals surface area contributed by atoms with E-state index in [0.717, 1.165) is 0 Å². The standard InChI is InChI=1S/C17H13Cl2N3O2/c18-11-5-7-12(8-6-11)20-15(23)9-10-16-21-17(22-24-16)13-3-1-2-4-14(13)19/h1-8H,9-10H2,(H,20,23). The Kier molecular flexibility index (Phi) is 5.13. The summed E-state index contributed by atoms with van der Waals surface area (Å²) in [6, 6.07) is 14.1. The SMILES string of the molecule is O=C(CCc1nc(-c2ccccc2Cl)no1)Nc1ccc(Cl)cc1. The van der Waals surface area contributed by atoms with Gasteiger partial charge in [0.2, 0.25) is 17.6 Å². The number of hydrogen-bond donors (Lipinski definition) is 1. The fraction of sp³-hybridized carbons (Fsp3) is 0.118. The van der Waals surface area contributed by atoms with Gasteiger partial charge in [0.05, 0.1) is 5.02 Å². The molecule has 1 N–H and O–H groups in total. The lowest BCUT2D eigenvalue weighted by atomic mass is 10.2. The number of anilines is 1. The van der Waals surface area contributed by atoms with Crippen LogP contribution in [0.3, 0.4) is 0 Å². The molecule has 1 amide bonds. The van der Waals surface area contributed by atoms with Crippen molar-refractivity contribution < 1.29 is 9.32 Å². The van der Waals surface area contributed by atoms with E-state index in [2.05, 4.69) is 15.5 Å². The second kappa shape index (κ2) is 7.47. The lowest BCUT2D eigenvalue weighted by Gasteiger charge is -2.03. The maximum absolute atomic E-state index is 11.9. The first kappa shape index (κ1) is 16.5. The molecular weight excluding hydrogens is 349 g/mol. The summed E-state index contributed by atoms with van der Waals surface area (Å²) in [6.45, 7) is 0. The van der Waals surface area contributed by atoms with Crippen LogP contribution in [-0.2, 0) is 11.2 Å². The van der Waals surface area contributed by atoms with Gasteiger partial charge in [0.1, 0.15) is 0 Å². The van der Waals surface area contributed by atoms with Crippen LogP contribution in [0, 0.1) is 0 Å². The van der Waals surface area contributed by atoms with Gasteiger partial charge in [-0.25, -0.2) is 0 Å². The molecule has 0 aliphatic carbocycles. The first-order valence-electron chi connectivity index (χ1n) is 7.25. The van der Waals surface area contributed by atoms with Crippen LogP contribution in [-0.4, -0.2) is 16.0 Å². The molecule has 0 atom stereocenters. The molecule has 24 heavy (non-hydrogen) atoms. The molecule has 0 radical (unpaired) electrons. The van der Waals surface area contributed by atoms with E-state index in [1.807, 2.05) is 18.2 Å².